The number of benzene rings is 2. The topological polar surface area (TPSA) is 48.5 Å². The van der Waals surface area contributed by atoms with Gasteiger partial charge in [-0.3, -0.25) is 4.90 Å². The molecule has 1 aliphatic heterocycles. The van der Waals surface area contributed by atoms with E-state index in [4.69, 9.17) is 4.74 Å². The number of aliphatic hydroxyl groups is 1. The highest BCUT2D eigenvalue weighted by molar-refractivity contribution is 9.10. The molecule has 30 heavy (non-hydrogen) atoms. The molecule has 156 valence electrons. The Morgan fingerprint density at radius 1 is 1.27 bits per heavy atom. The Morgan fingerprint density at radius 3 is 2.93 bits per heavy atom. The molecule has 2 aliphatic rings. The molecular weight excluding hydrogens is 440 g/mol. The number of ether oxygens (including phenoxy) is 1. The van der Waals surface area contributed by atoms with Gasteiger partial charge in [-0.15, -0.1) is 6.58 Å². The fourth-order valence-electron chi connectivity index (χ4n) is 5.66. The van der Waals surface area contributed by atoms with Gasteiger partial charge in [0, 0.05) is 52.4 Å². The Kier molecular flexibility index (Phi) is 4.80. The maximum absolute atomic E-state index is 12.3. The molecule has 5 heteroatoms. The van der Waals surface area contributed by atoms with E-state index in [0.717, 1.165) is 47.2 Å². The molecule has 1 aromatic heterocycles. The average Bonchev–Trinajstić information content (AvgIpc) is 3.07. The van der Waals surface area contributed by atoms with Crippen LogP contribution in [0.2, 0.25) is 0 Å². The Bertz CT molecular complexity index is 1120. The van der Waals surface area contributed by atoms with Crippen LogP contribution in [-0.2, 0) is 18.3 Å². The maximum Gasteiger partial charge on any atom is 0.119 e. The molecule has 1 aliphatic carbocycles. The lowest BCUT2D eigenvalue weighted by Crippen LogP contribution is -2.66. The van der Waals surface area contributed by atoms with Gasteiger partial charge < -0.3 is 14.8 Å². The molecule has 0 radical (unpaired) electrons. The van der Waals surface area contributed by atoms with Gasteiger partial charge in [-0.05, 0) is 48.4 Å². The van der Waals surface area contributed by atoms with Crippen molar-refractivity contribution in [1.82, 2.24) is 9.88 Å². The number of piperidine rings is 1. The quantitative estimate of drug-likeness (QED) is 0.552. The van der Waals surface area contributed by atoms with Gasteiger partial charge in [0.15, 0.2) is 0 Å². The van der Waals surface area contributed by atoms with Crippen LogP contribution in [-0.4, -0.2) is 47.3 Å². The van der Waals surface area contributed by atoms with Gasteiger partial charge in [0.05, 0.1) is 12.7 Å². The van der Waals surface area contributed by atoms with Gasteiger partial charge in [0.2, 0.25) is 0 Å². The van der Waals surface area contributed by atoms with E-state index >= 15 is 0 Å². The molecule has 0 saturated carbocycles. The summed E-state index contributed by atoms with van der Waals surface area (Å²) in [5.74, 6) is 0.837. The molecule has 0 unspecified atom stereocenters. The van der Waals surface area contributed by atoms with Crippen LogP contribution < -0.4 is 4.74 Å². The first-order valence-corrected chi connectivity index (χ1v) is 11.3. The van der Waals surface area contributed by atoms with E-state index in [2.05, 4.69) is 62.7 Å². The van der Waals surface area contributed by atoms with Gasteiger partial charge in [-0.25, -0.2) is 0 Å². The number of fused-ring (bicyclic) bond motifs is 4. The van der Waals surface area contributed by atoms with Crippen molar-refractivity contribution in [1.29, 1.82) is 0 Å². The average molecular weight is 467 g/mol. The second-order valence-electron chi connectivity index (χ2n) is 8.75. The number of likely N-dealkylation sites (tertiary alicyclic amines) is 1. The monoisotopic (exact) mass is 466 g/mol. The minimum atomic E-state index is -0.865. The van der Waals surface area contributed by atoms with Crippen LogP contribution >= 0.6 is 15.9 Å². The molecule has 2 atom stereocenters. The van der Waals surface area contributed by atoms with Crippen LogP contribution in [0.5, 0.6) is 5.75 Å². The Hall–Kier alpha value is -2.08. The highest BCUT2D eigenvalue weighted by Crippen LogP contribution is 2.51. The number of rotatable bonds is 4. The molecule has 1 fully saturated rings. The number of hydrogen-bond donors (Lipinski definition) is 2. The predicted molar refractivity (Wildman–Crippen MR) is 124 cm³/mol. The standard InChI is InChI=1S/C25H27BrN2O2/c1-3-10-28-11-9-24(17-5-4-6-19(12-17)30-2)15-23-21(14-25(24,29)16-28)20-8-7-18(26)13-22(20)27-23/h3-8,12-13,27,29H,1,9-11,14-16H2,2H3/t24-,25-/m0/s1. The molecule has 1 saturated heterocycles. The van der Waals surface area contributed by atoms with E-state index in [1.54, 1.807) is 7.11 Å². The molecule has 0 spiro atoms. The van der Waals surface area contributed by atoms with Crippen molar-refractivity contribution in [2.24, 2.45) is 0 Å². The number of nitrogens with one attached hydrogen (secondary N) is 1. The van der Waals surface area contributed by atoms with Crippen molar-refractivity contribution < 1.29 is 9.84 Å². The van der Waals surface area contributed by atoms with Gasteiger partial charge >= 0.3 is 0 Å². The minimum absolute atomic E-state index is 0.357. The minimum Gasteiger partial charge on any atom is -0.497 e. The summed E-state index contributed by atoms with van der Waals surface area (Å²) in [6.07, 6.45) is 4.25. The largest absolute Gasteiger partial charge is 0.497 e. The normalized spacial score (nSPS) is 26.2. The first kappa shape index (κ1) is 19.9. The number of methoxy groups -OCH3 is 1. The molecule has 2 N–H and O–H groups in total. The zero-order valence-electron chi connectivity index (χ0n) is 17.2. The smallest absolute Gasteiger partial charge is 0.119 e. The zero-order chi connectivity index (χ0) is 20.9. The first-order chi connectivity index (χ1) is 14.5. The summed E-state index contributed by atoms with van der Waals surface area (Å²) in [5.41, 5.74) is 3.56. The first-order valence-electron chi connectivity index (χ1n) is 10.5. The lowest BCUT2D eigenvalue weighted by atomic mass is 9.56. The number of hydrogen-bond acceptors (Lipinski definition) is 3. The fraction of sp³-hybridized carbons (Fsp3) is 0.360. The van der Waals surface area contributed by atoms with E-state index in [0.29, 0.717) is 13.0 Å². The molecule has 4 nitrogen and oxygen atoms in total. The third-order valence-electron chi connectivity index (χ3n) is 7.14. The van der Waals surface area contributed by atoms with Crippen LogP contribution in [0.4, 0.5) is 0 Å². The van der Waals surface area contributed by atoms with Crippen molar-refractivity contribution in [2.75, 3.05) is 26.7 Å². The van der Waals surface area contributed by atoms with E-state index in [9.17, 15) is 5.11 Å². The third kappa shape index (κ3) is 2.95. The van der Waals surface area contributed by atoms with Crippen LogP contribution in [0.3, 0.4) is 0 Å². The zero-order valence-corrected chi connectivity index (χ0v) is 18.8. The van der Waals surface area contributed by atoms with Crippen LogP contribution in [0.1, 0.15) is 23.2 Å². The third-order valence-corrected chi connectivity index (χ3v) is 7.64. The number of aromatic amines is 1. The predicted octanol–water partition coefficient (Wildman–Crippen LogP) is 4.60. The van der Waals surface area contributed by atoms with Crippen LogP contribution in [0, 0.1) is 0 Å². The molecule has 3 aromatic rings. The molecular formula is C25H27BrN2O2. The number of H-pyrrole nitrogens is 1. The Morgan fingerprint density at radius 2 is 2.13 bits per heavy atom. The van der Waals surface area contributed by atoms with E-state index in [-0.39, 0.29) is 5.41 Å². The van der Waals surface area contributed by atoms with Crippen LogP contribution in [0.25, 0.3) is 10.9 Å². The van der Waals surface area contributed by atoms with E-state index < -0.39 is 5.60 Å². The Balaban J connectivity index is 1.68. The second kappa shape index (κ2) is 7.26. The summed E-state index contributed by atoms with van der Waals surface area (Å²) >= 11 is 3.59. The number of halogens is 1. The number of β-amino-alcohol motifs (C(OH)–C–C–N with tert-alkyl or cyclic N) is 1. The molecule has 2 aromatic carbocycles. The SMILES string of the molecule is C=CCN1CC[C@@]2(c3cccc(OC)c3)Cc3[nH]c4cc(Br)ccc4c3C[C@]2(O)C1. The fourth-order valence-corrected chi connectivity index (χ4v) is 6.03. The molecule has 0 amide bonds. The number of nitrogens with zero attached hydrogens (tertiary/aromatic N) is 1. The number of aromatic nitrogens is 1. The summed E-state index contributed by atoms with van der Waals surface area (Å²) in [6, 6.07) is 14.6. The van der Waals surface area contributed by atoms with E-state index in [1.165, 1.54) is 16.6 Å². The molecule has 2 heterocycles. The van der Waals surface area contributed by atoms with Crippen LogP contribution in [0.15, 0.2) is 59.6 Å². The summed E-state index contributed by atoms with van der Waals surface area (Å²) in [7, 11) is 1.70. The highest BCUT2D eigenvalue weighted by Gasteiger charge is 2.57. The lowest BCUT2D eigenvalue weighted by Gasteiger charge is -2.56. The summed E-state index contributed by atoms with van der Waals surface area (Å²) in [4.78, 5) is 5.99. The Labute approximate surface area is 185 Å². The maximum atomic E-state index is 12.3. The summed E-state index contributed by atoms with van der Waals surface area (Å²) in [5, 5.41) is 13.5. The van der Waals surface area contributed by atoms with Gasteiger partial charge in [0.25, 0.3) is 0 Å². The van der Waals surface area contributed by atoms with Crippen molar-refractivity contribution >= 4 is 26.8 Å². The van der Waals surface area contributed by atoms with Gasteiger partial charge in [-0.2, -0.15) is 0 Å². The summed E-state index contributed by atoms with van der Waals surface area (Å²) in [6.45, 7) is 6.28. The van der Waals surface area contributed by atoms with Gasteiger partial charge in [0.1, 0.15) is 5.75 Å². The van der Waals surface area contributed by atoms with Crippen molar-refractivity contribution in [3.8, 4) is 5.75 Å². The van der Waals surface area contributed by atoms with E-state index in [1.807, 2.05) is 18.2 Å². The molecule has 0 bridgehead atoms. The molecule has 5 rings (SSSR count). The van der Waals surface area contributed by atoms with Crippen molar-refractivity contribution in [3.63, 3.8) is 0 Å². The summed E-state index contributed by atoms with van der Waals surface area (Å²) < 4.78 is 6.59. The lowest BCUT2D eigenvalue weighted by molar-refractivity contribution is -0.100. The van der Waals surface area contributed by atoms with Gasteiger partial charge in [-0.1, -0.05) is 40.2 Å². The second-order valence-corrected chi connectivity index (χ2v) is 9.66. The van der Waals surface area contributed by atoms with Crippen molar-refractivity contribution in [3.05, 3.63) is 76.4 Å². The highest BCUT2D eigenvalue weighted by atomic mass is 79.9. The van der Waals surface area contributed by atoms with Crippen molar-refractivity contribution in [2.45, 2.75) is 30.3 Å².